The van der Waals surface area contributed by atoms with Crippen molar-refractivity contribution in [3.8, 4) is 0 Å². The van der Waals surface area contributed by atoms with Crippen molar-refractivity contribution in [1.29, 1.82) is 0 Å². The van der Waals surface area contributed by atoms with Crippen LogP contribution in [0.3, 0.4) is 0 Å². The van der Waals surface area contributed by atoms with E-state index in [4.69, 9.17) is 0 Å². The summed E-state index contributed by atoms with van der Waals surface area (Å²) >= 11 is 0. The molecule has 0 saturated carbocycles. The molecule has 0 aromatic heterocycles. The van der Waals surface area contributed by atoms with Gasteiger partial charge in [0, 0.05) is 0 Å². The van der Waals surface area contributed by atoms with E-state index in [1.165, 1.54) is 38.5 Å². The van der Waals surface area contributed by atoms with Gasteiger partial charge in [0.2, 0.25) is 0 Å². The van der Waals surface area contributed by atoms with Crippen LogP contribution in [0.5, 0.6) is 0 Å². The van der Waals surface area contributed by atoms with Crippen LogP contribution in [-0.4, -0.2) is 0 Å². The molecule has 0 heteroatoms. The van der Waals surface area contributed by atoms with E-state index in [1.807, 2.05) is 0 Å². The van der Waals surface area contributed by atoms with Gasteiger partial charge in [-0.3, -0.25) is 0 Å². The largest absolute Gasteiger partial charge is 0.0649 e. The third kappa shape index (κ3) is 3.50. The Hall–Kier alpha value is 0. The van der Waals surface area contributed by atoms with E-state index in [0.29, 0.717) is 10.8 Å². The van der Waals surface area contributed by atoms with E-state index in [9.17, 15) is 0 Å². The molecule has 0 N–H and O–H groups in total. The van der Waals surface area contributed by atoms with E-state index < -0.39 is 0 Å². The maximum absolute atomic E-state index is 2.49. The monoisotopic (exact) mass is 226 g/mol. The summed E-state index contributed by atoms with van der Waals surface area (Å²) in [6.45, 7) is 16.8. The topological polar surface area (TPSA) is 0 Å². The van der Waals surface area contributed by atoms with Crippen LogP contribution in [0.25, 0.3) is 0 Å². The molecule has 0 aliphatic rings. The van der Waals surface area contributed by atoms with Crippen molar-refractivity contribution in [2.45, 2.75) is 87.0 Å². The second kappa shape index (κ2) is 6.67. The van der Waals surface area contributed by atoms with Crippen LogP contribution in [-0.2, 0) is 0 Å². The van der Waals surface area contributed by atoms with Gasteiger partial charge < -0.3 is 0 Å². The van der Waals surface area contributed by atoms with Crippen molar-refractivity contribution >= 4 is 0 Å². The van der Waals surface area contributed by atoms with Crippen molar-refractivity contribution < 1.29 is 0 Å². The zero-order chi connectivity index (χ0) is 12.8. The van der Waals surface area contributed by atoms with Gasteiger partial charge in [-0.1, -0.05) is 80.6 Å². The van der Waals surface area contributed by atoms with Crippen LogP contribution >= 0.6 is 0 Å². The molecule has 0 aliphatic carbocycles. The normalized spacial score (nSPS) is 15.2. The predicted octanol–water partition coefficient (Wildman–Crippen LogP) is 6.06. The zero-order valence-corrected chi connectivity index (χ0v) is 12.8. The molecule has 0 aromatic rings. The first kappa shape index (κ1) is 16.0. The first-order chi connectivity index (χ1) is 7.43. The second-order valence-corrected chi connectivity index (χ2v) is 6.05. The summed E-state index contributed by atoms with van der Waals surface area (Å²) in [4.78, 5) is 0. The lowest BCUT2D eigenvalue weighted by molar-refractivity contribution is 0.0899. The van der Waals surface area contributed by atoms with Gasteiger partial charge in [-0.15, -0.1) is 0 Å². The molecule has 0 radical (unpaired) electrons. The first-order valence-electron chi connectivity index (χ1n) is 7.43. The summed E-state index contributed by atoms with van der Waals surface area (Å²) in [6, 6.07) is 0. The Labute approximate surface area is 104 Å². The Bertz CT molecular complexity index is 164. The summed E-state index contributed by atoms with van der Waals surface area (Å²) in [5.41, 5.74) is 1.15. The molecule has 0 aliphatic heterocycles. The highest BCUT2D eigenvalue weighted by molar-refractivity contribution is 4.85. The quantitative estimate of drug-likeness (QED) is 0.472. The van der Waals surface area contributed by atoms with E-state index in [1.54, 1.807) is 0 Å². The van der Waals surface area contributed by atoms with Gasteiger partial charge in [-0.25, -0.2) is 0 Å². The van der Waals surface area contributed by atoms with Gasteiger partial charge in [0.1, 0.15) is 0 Å². The highest BCUT2D eigenvalue weighted by Gasteiger charge is 2.34. The minimum atomic E-state index is 0.560. The summed E-state index contributed by atoms with van der Waals surface area (Å²) < 4.78 is 0. The first-order valence-corrected chi connectivity index (χ1v) is 7.43. The minimum absolute atomic E-state index is 0.560. The van der Waals surface area contributed by atoms with Crippen molar-refractivity contribution in [2.75, 3.05) is 0 Å². The lowest BCUT2D eigenvalue weighted by Gasteiger charge is -2.42. The van der Waals surface area contributed by atoms with Crippen molar-refractivity contribution in [1.82, 2.24) is 0 Å². The molecule has 16 heavy (non-hydrogen) atoms. The molecule has 98 valence electrons. The fourth-order valence-corrected chi connectivity index (χ4v) is 3.29. The molecule has 0 bridgehead atoms. The fraction of sp³-hybridized carbons (Fsp3) is 1.00. The SMILES string of the molecule is CCC(C)(CC)CC(C)C(CC)(CC)CC. The van der Waals surface area contributed by atoms with Crippen molar-refractivity contribution in [3.63, 3.8) is 0 Å². The van der Waals surface area contributed by atoms with Gasteiger partial charge in [0.25, 0.3) is 0 Å². The van der Waals surface area contributed by atoms with Crippen LogP contribution in [0.2, 0.25) is 0 Å². The molecule has 0 nitrogen and oxygen atoms in total. The van der Waals surface area contributed by atoms with E-state index >= 15 is 0 Å². The summed E-state index contributed by atoms with van der Waals surface area (Å²) in [5, 5.41) is 0. The molecule has 0 fully saturated rings. The number of hydrogen-bond acceptors (Lipinski definition) is 0. The summed E-state index contributed by atoms with van der Waals surface area (Å²) in [6.07, 6.45) is 8.05. The molecule has 0 saturated heterocycles. The number of hydrogen-bond donors (Lipinski definition) is 0. The third-order valence-electron chi connectivity index (χ3n) is 5.66. The molecule has 1 unspecified atom stereocenters. The van der Waals surface area contributed by atoms with Crippen LogP contribution in [0, 0.1) is 16.7 Å². The Kier molecular flexibility index (Phi) is 6.67. The Balaban J connectivity index is 4.70. The molecule has 0 spiro atoms. The van der Waals surface area contributed by atoms with Gasteiger partial charge >= 0.3 is 0 Å². The smallest absolute Gasteiger partial charge is 0.0279 e. The molecular formula is C16H34. The van der Waals surface area contributed by atoms with E-state index in [0.717, 1.165) is 5.92 Å². The second-order valence-electron chi connectivity index (χ2n) is 6.05. The van der Waals surface area contributed by atoms with Crippen molar-refractivity contribution in [3.05, 3.63) is 0 Å². The summed E-state index contributed by atoms with van der Waals surface area (Å²) in [5.74, 6) is 0.859. The Morgan fingerprint density at radius 2 is 1.12 bits per heavy atom. The highest BCUT2D eigenvalue weighted by atomic mass is 14.4. The summed E-state index contributed by atoms with van der Waals surface area (Å²) in [7, 11) is 0. The van der Waals surface area contributed by atoms with Crippen LogP contribution in [0.4, 0.5) is 0 Å². The van der Waals surface area contributed by atoms with E-state index in [-0.39, 0.29) is 0 Å². The Morgan fingerprint density at radius 3 is 1.38 bits per heavy atom. The molecular weight excluding hydrogens is 192 g/mol. The van der Waals surface area contributed by atoms with E-state index in [2.05, 4.69) is 48.5 Å². The van der Waals surface area contributed by atoms with Gasteiger partial charge in [-0.05, 0) is 23.2 Å². The molecule has 1 atom stereocenters. The van der Waals surface area contributed by atoms with Crippen LogP contribution in [0.1, 0.15) is 87.0 Å². The van der Waals surface area contributed by atoms with Gasteiger partial charge in [0.15, 0.2) is 0 Å². The predicted molar refractivity (Wildman–Crippen MR) is 75.8 cm³/mol. The van der Waals surface area contributed by atoms with Crippen LogP contribution in [0.15, 0.2) is 0 Å². The average Bonchev–Trinajstić information content (AvgIpc) is 2.32. The lowest BCUT2D eigenvalue weighted by Crippen LogP contribution is -2.31. The minimum Gasteiger partial charge on any atom is -0.0649 e. The van der Waals surface area contributed by atoms with Crippen molar-refractivity contribution in [2.24, 2.45) is 16.7 Å². The maximum atomic E-state index is 2.49. The maximum Gasteiger partial charge on any atom is -0.0279 e. The van der Waals surface area contributed by atoms with Crippen LogP contribution < -0.4 is 0 Å². The zero-order valence-electron chi connectivity index (χ0n) is 12.8. The lowest BCUT2D eigenvalue weighted by atomic mass is 9.64. The number of rotatable bonds is 8. The third-order valence-corrected chi connectivity index (χ3v) is 5.66. The Morgan fingerprint density at radius 1 is 0.750 bits per heavy atom. The standard InChI is InChI=1S/C16H34/c1-8-15(7,9-2)13-14(6)16(10-3,11-4)12-5/h14H,8-13H2,1-7H3. The molecule has 0 amide bonds. The molecule has 0 rings (SSSR count). The highest BCUT2D eigenvalue weighted by Crippen LogP contribution is 2.45. The molecule has 0 heterocycles. The van der Waals surface area contributed by atoms with Gasteiger partial charge in [0.05, 0.1) is 0 Å². The molecule has 0 aromatic carbocycles. The average molecular weight is 226 g/mol. The van der Waals surface area contributed by atoms with Gasteiger partial charge in [-0.2, -0.15) is 0 Å². The fourth-order valence-electron chi connectivity index (χ4n) is 3.29.